The van der Waals surface area contributed by atoms with Crippen molar-refractivity contribution in [3.8, 4) is 0 Å². The Morgan fingerprint density at radius 3 is 2.17 bits per heavy atom. The fourth-order valence-electron chi connectivity index (χ4n) is 3.67. The summed E-state index contributed by atoms with van der Waals surface area (Å²) in [6.45, 7) is 0. The van der Waals surface area contributed by atoms with Crippen LogP contribution in [0.2, 0.25) is 0 Å². The molecule has 2 N–H and O–H groups in total. The zero-order valence-corrected chi connectivity index (χ0v) is 12.8. The van der Waals surface area contributed by atoms with Crippen LogP contribution in [-0.4, -0.2) is 22.2 Å². The fourth-order valence-corrected chi connectivity index (χ4v) is 3.67. The lowest BCUT2D eigenvalue weighted by Gasteiger charge is -2.23. The molecule has 0 saturated heterocycles. The van der Waals surface area contributed by atoms with Crippen molar-refractivity contribution in [1.29, 1.82) is 0 Å². The van der Waals surface area contributed by atoms with Gasteiger partial charge in [-0.2, -0.15) is 0 Å². The Hall–Kier alpha value is -2.36. The van der Waals surface area contributed by atoms with E-state index in [1.165, 1.54) is 0 Å². The van der Waals surface area contributed by atoms with Crippen molar-refractivity contribution in [1.82, 2.24) is 0 Å². The predicted molar refractivity (Wildman–Crippen MR) is 85.8 cm³/mol. The lowest BCUT2D eigenvalue weighted by Crippen LogP contribution is -2.32. The van der Waals surface area contributed by atoms with E-state index in [1.807, 2.05) is 30.3 Å². The van der Waals surface area contributed by atoms with Gasteiger partial charge in [0.05, 0.1) is 11.8 Å². The van der Waals surface area contributed by atoms with Crippen LogP contribution in [0.1, 0.15) is 18.4 Å². The summed E-state index contributed by atoms with van der Waals surface area (Å²) in [5, 5.41) is 19.2. The molecule has 1 aromatic rings. The average Bonchev–Trinajstić information content (AvgIpc) is 3.14. The van der Waals surface area contributed by atoms with E-state index in [-0.39, 0.29) is 6.42 Å². The van der Waals surface area contributed by atoms with Crippen molar-refractivity contribution in [2.75, 3.05) is 0 Å². The van der Waals surface area contributed by atoms with E-state index >= 15 is 0 Å². The van der Waals surface area contributed by atoms with Crippen LogP contribution in [0.5, 0.6) is 0 Å². The number of rotatable bonds is 7. The van der Waals surface area contributed by atoms with Crippen molar-refractivity contribution in [2.24, 2.45) is 23.7 Å². The number of benzene rings is 1. The Morgan fingerprint density at radius 2 is 1.65 bits per heavy atom. The summed E-state index contributed by atoms with van der Waals surface area (Å²) in [7, 11) is 0. The molecule has 2 aliphatic carbocycles. The maximum atomic E-state index is 11.7. The molecule has 23 heavy (non-hydrogen) atoms. The third-order valence-corrected chi connectivity index (χ3v) is 4.90. The van der Waals surface area contributed by atoms with Gasteiger partial charge in [0.2, 0.25) is 0 Å². The molecule has 0 fully saturated rings. The minimum atomic E-state index is -1.04. The van der Waals surface area contributed by atoms with Crippen molar-refractivity contribution in [3.05, 3.63) is 59.7 Å². The lowest BCUT2D eigenvalue weighted by molar-refractivity contribution is -0.153. The molecule has 0 saturated carbocycles. The van der Waals surface area contributed by atoms with Gasteiger partial charge in [0.25, 0.3) is 0 Å². The van der Waals surface area contributed by atoms with Gasteiger partial charge in [0.1, 0.15) is 0 Å². The molecule has 0 unspecified atom stereocenters. The van der Waals surface area contributed by atoms with E-state index in [4.69, 9.17) is 0 Å². The van der Waals surface area contributed by atoms with Crippen LogP contribution >= 0.6 is 0 Å². The molecule has 0 spiro atoms. The molecule has 4 nitrogen and oxygen atoms in total. The molecule has 0 radical (unpaired) electrons. The zero-order chi connectivity index (χ0) is 16.4. The highest BCUT2D eigenvalue weighted by Gasteiger charge is 2.37. The first-order chi connectivity index (χ1) is 11.0. The number of hydrogen-bond acceptors (Lipinski definition) is 2. The van der Waals surface area contributed by atoms with Crippen molar-refractivity contribution >= 4 is 11.9 Å². The van der Waals surface area contributed by atoms with Gasteiger partial charge in [-0.05, 0) is 36.7 Å². The summed E-state index contributed by atoms with van der Waals surface area (Å²) >= 11 is 0. The Morgan fingerprint density at radius 1 is 1.00 bits per heavy atom. The van der Waals surface area contributed by atoms with Crippen molar-refractivity contribution < 1.29 is 19.8 Å². The van der Waals surface area contributed by atoms with Crippen LogP contribution in [0.3, 0.4) is 0 Å². The van der Waals surface area contributed by atoms with E-state index in [0.29, 0.717) is 18.3 Å². The van der Waals surface area contributed by atoms with Gasteiger partial charge < -0.3 is 10.2 Å². The number of carboxylic acids is 2. The van der Waals surface area contributed by atoms with Crippen LogP contribution in [0.4, 0.5) is 0 Å². The van der Waals surface area contributed by atoms with E-state index < -0.39 is 23.8 Å². The quantitative estimate of drug-likeness (QED) is 0.758. The third kappa shape index (κ3) is 3.36. The minimum absolute atomic E-state index is 0.240. The molecular weight excluding hydrogens is 292 g/mol. The van der Waals surface area contributed by atoms with Crippen LogP contribution in [0.15, 0.2) is 54.1 Å². The molecule has 4 heteroatoms. The largest absolute Gasteiger partial charge is 0.481 e. The summed E-state index contributed by atoms with van der Waals surface area (Å²) < 4.78 is 0. The average molecular weight is 312 g/mol. The molecule has 0 amide bonds. The smallest absolute Gasteiger partial charge is 0.307 e. The molecule has 120 valence electrons. The van der Waals surface area contributed by atoms with Gasteiger partial charge in [-0.1, -0.05) is 54.1 Å². The van der Waals surface area contributed by atoms with E-state index in [1.54, 1.807) is 0 Å². The van der Waals surface area contributed by atoms with Crippen LogP contribution in [0, 0.1) is 23.7 Å². The maximum absolute atomic E-state index is 11.7. The van der Waals surface area contributed by atoms with E-state index in [2.05, 4.69) is 18.2 Å². The first-order valence-electron chi connectivity index (χ1n) is 7.93. The van der Waals surface area contributed by atoms with E-state index in [9.17, 15) is 19.8 Å². The number of hydrogen-bond donors (Lipinski definition) is 2. The molecular formula is C19H20O4. The fraction of sp³-hybridized carbons (Fsp3) is 0.368. The molecule has 0 heterocycles. The van der Waals surface area contributed by atoms with Crippen LogP contribution in [0.25, 0.3) is 0 Å². The van der Waals surface area contributed by atoms with Gasteiger partial charge in [-0.3, -0.25) is 9.59 Å². The predicted octanol–water partition coefficient (Wildman–Crippen LogP) is 3.15. The molecule has 0 aliphatic heterocycles. The van der Waals surface area contributed by atoms with Gasteiger partial charge >= 0.3 is 11.9 Å². The molecule has 4 atom stereocenters. The first-order valence-corrected chi connectivity index (χ1v) is 7.93. The number of aliphatic carboxylic acids is 2. The van der Waals surface area contributed by atoms with E-state index in [0.717, 1.165) is 17.6 Å². The van der Waals surface area contributed by atoms with Gasteiger partial charge in [0, 0.05) is 0 Å². The molecule has 0 aromatic heterocycles. The Bertz CT molecular complexity index is 659. The maximum Gasteiger partial charge on any atom is 0.307 e. The molecule has 2 aliphatic rings. The Kier molecular flexibility index (Phi) is 4.33. The molecule has 2 bridgehead atoms. The monoisotopic (exact) mass is 312 g/mol. The standard InChI is InChI=1S/C19H20O4/c20-18(21)16(10-12-4-2-1-3-5-12)17(19(22)23)11-15-9-13-6-7-14(15)8-13/h1-7,9,13-14,16-17H,8,10-11H2,(H,20,21)(H,22,23)/t13-,14+,16+,17+/m1/s1. The Balaban J connectivity index is 1.78. The van der Waals surface area contributed by atoms with Crippen molar-refractivity contribution in [3.63, 3.8) is 0 Å². The second-order valence-electron chi connectivity index (χ2n) is 6.42. The number of carboxylic acid groups (broad SMARTS) is 2. The summed E-state index contributed by atoms with van der Waals surface area (Å²) in [6.07, 6.45) is 7.95. The van der Waals surface area contributed by atoms with Gasteiger partial charge in [-0.25, -0.2) is 0 Å². The number of allylic oxidation sites excluding steroid dienone is 4. The summed E-state index contributed by atoms with van der Waals surface area (Å²) in [6, 6.07) is 9.23. The first kappa shape index (κ1) is 15.5. The van der Waals surface area contributed by atoms with Crippen LogP contribution in [-0.2, 0) is 16.0 Å². The second-order valence-corrected chi connectivity index (χ2v) is 6.42. The van der Waals surface area contributed by atoms with Crippen LogP contribution < -0.4 is 0 Å². The number of fused-ring (bicyclic) bond motifs is 2. The summed E-state index contributed by atoms with van der Waals surface area (Å²) in [5.41, 5.74) is 1.94. The summed E-state index contributed by atoms with van der Waals surface area (Å²) in [5.74, 6) is -3.18. The molecule has 1 aromatic carbocycles. The van der Waals surface area contributed by atoms with Gasteiger partial charge in [-0.15, -0.1) is 0 Å². The highest BCUT2D eigenvalue weighted by molar-refractivity contribution is 5.80. The van der Waals surface area contributed by atoms with Gasteiger partial charge in [0.15, 0.2) is 0 Å². The van der Waals surface area contributed by atoms with Crippen molar-refractivity contribution in [2.45, 2.75) is 19.3 Å². The zero-order valence-electron chi connectivity index (χ0n) is 12.8. The Labute approximate surface area is 135 Å². The minimum Gasteiger partial charge on any atom is -0.481 e. The second kappa shape index (κ2) is 6.41. The molecule has 3 rings (SSSR count). The topological polar surface area (TPSA) is 74.6 Å². The lowest BCUT2D eigenvalue weighted by atomic mass is 9.80. The number of carbonyl (C=O) groups is 2. The third-order valence-electron chi connectivity index (χ3n) is 4.90. The SMILES string of the molecule is O=C(O)[C@@H](CC1=C[C@@H]2C=C[C@H]1C2)[C@H](Cc1ccccc1)C(=O)O. The highest BCUT2D eigenvalue weighted by atomic mass is 16.4. The summed E-state index contributed by atoms with van der Waals surface area (Å²) in [4.78, 5) is 23.4. The highest BCUT2D eigenvalue weighted by Crippen LogP contribution is 2.42. The normalized spacial score (nSPS) is 24.3.